The van der Waals surface area contributed by atoms with Crippen molar-refractivity contribution in [3.63, 3.8) is 0 Å². The van der Waals surface area contributed by atoms with Crippen LogP contribution in [-0.2, 0) is 0 Å². The number of aromatic nitrogens is 3. The van der Waals surface area contributed by atoms with Crippen molar-refractivity contribution in [1.82, 2.24) is 15.0 Å². The first-order valence-electron chi connectivity index (χ1n) is 6.75. The van der Waals surface area contributed by atoms with Crippen molar-refractivity contribution in [3.05, 3.63) is 59.4 Å². The fourth-order valence-corrected chi connectivity index (χ4v) is 3.35. The average Bonchev–Trinajstić information content (AvgIpc) is 3.15. The minimum Gasteiger partial charge on any atom is -0.336 e. The molecule has 0 fully saturated rings. The lowest BCUT2D eigenvalue weighted by molar-refractivity contribution is 1.25. The second kappa shape index (κ2) is 5.10. The number of nitriles is 1. The highest BCUT2D eigenvalue weighted by Gasteiger charge is 2.09. The number of rotatable bonds is 2. The molecule has 0 atom stereocenters. The van der Waals surface area contributed by atoms with Crippen molar-refractivity contribution < 1.29 is 0 Å². The summed E-state index contributed by atoms with van der Waals surface area (Å²) < 4.78 is 1.21. The fraction of sp³-hybridized carbons (Fsp3) is 0. The molecule has 1 aromatic carbocycles. The molecule has 0 bridgehead atoms. The third kappa shape index (κ3) is 2.16. The summed E-state index contributed by atoms with van der Waals surface area (Å²) in [6.45, 7) is 0. The van der Waals surface area contributed by atoms with E-state index in [2.05, 4.69) is 39.2 Å². The lowest BCUT2D eigenvalue weighted by Crippen LogP contribution is -1.83. The van der Waals surface area contributed by atoms with Gasteiger partial charge in [-0.2, -0.15) is 5.26 Å². The maximum absolute atomic E-state index is 9.45. The SMILES string of the molecule is N#C/C(=C\c1cc2ccccc2s1)c1nc2ncccc2[nH]1. The number of nitrogens with one attached hydrogen (secondary N) is 1. The number of fused-ring (bicyclic) bond motifs is 2. The first-order valence-corrected chi connectivity index (χ1v) is 7.56. The number of allylic oxidation sites excluding steroid dienone is 1. The van der Waals surface area contributed by atoms with Crippen LogP contribution >= 0.6 is 11.3 Å². The first kappa shape index (κ1) is 12.7. The zero-order valence-electron chi connectivity index (χ0n) is 11.4. The van der Waals surface area contributed by atoms with Gasteiger partial charge in [0.25, 0.3) is 0 Å². The molecule has 1 N–H and O–H groups in total. The highest BCUT2D eigenvalue weighted by Crippen LogP contribution is 2.28. The molecule has 0 amide bonds. The summed E-state index contributed by atoms with van der Waals surface area (Å²) in [5.74, 6) is 0.550. The van der Waals surface area contributed by atoms with E-state index < -0.39 is 0 Å². The number of nitrogens with zero attached hydrogens (tertiary/aromatic N) is 3. The molecule has 0 saturated heterocycles. The molecule has 3 aromatic heterocycles. The van der Waals surface area contributed by atoms with Gasteiger partial charge in [-0.3, -0.25) is 0 Å². The van der Waals surface area contributed by atoms with Crippen LogP contribution in [0.2, 0.25) is 0 Å². The fourth-order valence-electron chi connectivity index (χ4n) is 2.34. The van der Waals surface area contributed by atoms with E-state index in [0.717, 1.165) is 10.4 Å². The van der Waals surface area contributed by atoms with Crippen LogP contribution in [0, 0.1) is 11.3 Å². The van der Waals surface area contributed by atoms with Gasteiger partial charge in [0.15, 0.2) is 11.5 Å². The van der Waals surface area contributed by atoms with Crippen LogP contribution in [0.5, 0.6) is 0 Å². The van der Waals surface area contributed by atoms with Gasteiger partial charge in [-0.25, -0.2) is 9.97 Å². The number of hydrogen-bond acceptors (Lipinski definition) is 4. The van der Waals surface area contributed by atoms with Crippen molar-refractivity contribution in [3.8, 4) is 6.07 Å². The summed E-state index contributed by atoms with van der Waals surface area (Å²) in [6, 6.07) is 16.2. The van der Waals surface area contributed by atoms with E-state index >= 15 is 0 Å². The van der Waals surface area contributed by atoms with Crippen LogP contribution in [0.25, 0.3) is 32.9 Å². The van der Waals surface area contributed by atoms with Gasteiger partial charge in [0.2, 0.25) is 0 Å². The Morgan fingerprint density at radius 2 is 2.14 bits per heavy atom. The van der Waals surface area contributed by atoms with Gasteiger partial charge < -0.3 is 4.98 Å². The summed E-state index contributed by atoms with van der Waals surface area (Å²) in [7, 11) is 0. The minimum atomic E-state index is 0.504. The standard InChI is InChI=1S/C17H10N4S/c18-10-12(16-20-14-5-3-7-19-17(14)21-16)9-13-8-11-4-1-2-6-15(11)22-13/h1-9H,(H,19,20,21)/b12-9+. The Balaban J connectivity index is 1.82. The third-order valence-electron chi connectivity index (χ3n) is 3.36. The van der Waals surface area contributed by atoms with Gasteiger partial charge in [0.05, 0.1) is 11.1 Å². The van der Waals surface area contributed by atoms with Crippen molar-refractivity contribution in [2.45, 2.75) is 0 Å². The molecule has 0 radical (unpaired) electrons. The molecule has 4 rings (SSSR count). The van der Waals surface area contributed by atoms with Crippen molar-refractivity contribution >= 4 is 44.2 Å². The molecule has 3 heterocycles. The van der Waals surface area contributed by atoms with Gasteiger partial charge in [0, 0.05) is 15.8 Å². The topological polar surface area (TPSA) is 65.4 Å². The van der Waals surface area contributed by atoms with E-state index in [1.165, 1.54) is 10.1 Å². The Hall–Kier alpha value is -2.97. The Morgan fingerprint density at radius 3 is 2.95 bits per heavy atom. The Morgan fingerprint density at radius 1 is 1.23 bits per heavy atom. The van der Waals surface area contributed by atoms with Gasteiger partial charge >= 0.3 is 0 Å². The minimum absolute atomic E-state index is 0.504. The number of pyridine rings is 1. The largest absolute Gasteiger partial charge is 0.336 e. The molecule has 0 aliphatic carbocycles. The normalized spacial score (nSPS) is 11.9. The number of benzene rings is 1. The molecule has 22 heavy (non-hydrogen) atoms. The number of H-pyrrole nitrogens is 1. The zero-order chi connectivity index (χ0) is 14.9. The van der Waals surface area contributed by atoms with Crippen LogP contribution in [0.15, 0.2) is 48.7 Å². The summed E-state index contributed by atoms with van der Waals surface area (Å²) >= 11 is 1.66. The van der Waals surface area contributed by atoms with Crippen molar-refractivity contribution in [1.29, 1.82) is 5.26 Å². The summed E-state index contributed by atoms with van der Waals surface area (Å²) in [6.07, 6.45) is 3.55. The second-order valence-corrected chi connectivity index (χ2v) is 5.93. The predicted molar refractivity (Wildman–Crippen MR) is 89.2 cm³/mol. The maximum Gasteiger partial charge on any atom is 0.178 e. The second-order valence-electron chi connectivity index (χ2n) is 4.82. The number of thiophene rings is 1. The lowest BCUT2D eigenvalue weighted by atomic mass is 10.2. The Labute approximate surface area is 130 Å². The van der Waals surface area contributed by atoms with Gasteiger partial charge in [-0.15, -0.1) is 11.3 Å². The molecule has 0 unspecified atom stereocenters. The molecule has 0 saturated carbocycles. The Bertz CT molecular complexity index is 983. The van der Waals surface area contributed by atoms with Crippen LogP contribution in [-0.4, -0.2) is 15.0 Å². The smallest absolute Gasteiger partial charge is 0.178 e. The van der Waals surface area contributed by atoms with E-state index in [-0.39, 0.29) is 0 Å². The summed E-state index contributed by atoms with van der Waals surface area (Å²) in [5.41, 5.74) is 1.95. The van der Waals surface area contributed by atoms with Crippen LogP contribution in [0.4, 0.5) is 0 Å². The van der Waals surface area contributed by atoms with E-state index in [0.29, 0.717) is 17.0 Å². The number of imidazole rings is 1. The van der Waals surface area contributed by atoms with Crippen molar-refractivity contribution in [2.24, 2.45) is 0 Å². The van der Waals surface area contributed by atoms with Gasteiger partial charge in [-0.05, 0) is 35.7 Å². The quantitative estimate of drug-likeness (QED) is 0.563. The lowest BCUT2D eigenvalue weighted by Gasteiger charge is -1.91. The average molecular weight is 302 g/mol. The molecule has 0 spiro atoms. The molecular weight excluding hydrogens is 292 g/mol. The van der Waals surface area contributed by atoms with Crippen LogP contribution < -0.4 is 0 Å². The third-order valence-corrected chi connectivity index (χ3v) is 4.43. The van der Waals surface area contributed by atoms with Gasteiger partial charge in [-0.1, -0.05) is 18.2 Å². The highest BCUT2D eigenvalue weighted by molar-refractivity contribution is 7.19. The number of hydrogen-bond donors (Lipinski definition) is 1. The monoisotopic (exact) mass is 302 g/mol. The highest BCUT2D eigenvalue weighted by atomic mass is 32.1. The summed E-state index contributed by atoms with van der Waals surface area (Å²) in [4.78, 5) is 12.7. The first-order chi connectivity index (χ1) is 10.8. The number of aromatic amines is 1. The zero-order valence-corrected chi connectivity index (χ0v) is 12.3. The molecule has 4 aromatic rings. The van der Waals surface area contributed by atoms with Gasteiger partial charge in [0.1, 0.15) is 6.07 Å². The van der Waals surface area contributed by atoms with Crippen LogP contribution in [0.3, 0.4) is 0 Å². The molecule has 4 nitrogen and oxygen atoms in total. The molecular formula is C17H10N4S. The predicted octanol–water partition coefficient (Wildman–Crippen LogP) is 4.24. The van der Waals surface area contributed by atoms with Crippen molar-refractivity contribution in [2.75, 3.05) is 0 Å². The maximum atomic E-state index is 9.45. The molecule has 104 valence electrons. The van der Waals surface area contributed by atoms with E-state index in [1.807, 2.05) is 30.3 Å². The molecule has 0 aliphatic rings. The van der Waals surface area contributed by atoms with E-state index in [4.69, 9.17) is 0 Å². The molecule has 0 aliphatic heterocycles. The van der Waals surface area contributed by atoms with E-state index in [9.17, 15) is 5.26 Å². The van der Waals surface area contributed by atoms with Crippen LogP contribution in [0.1, 0.15) is 10.7 Å². The molecule has 5 heteroatoms. The Kier molecular flexibility index (Phi) is 2.95. The summed E-state index contributed by atoms with van der Waals surface area (Å²) in [5, 5.41) is 10.6. The van der Waals surface area contributed by atoms with E-state index in [1.54, 1.807) is 17.5 Å².